The average molecular weight is 281 g/mol. The molecular formula is C17H19N3O. The van der Waals surface area contributed by atoms with E-state index in [1.165, 1.54) is 12.8 Å². The number of anilines is 1. The van der Waals surface area contributed by atoms with Gasteiger partial charge in [-0.25, -0.2) is 0 Å². The minimum Gasteiger partial charge on any atom is -0.494 e. The highest BCUT2D eigenvalue weighted by Crippen LogP contribution is 2.35. The van der Waals surface area contributed by atoms with Gasteiger partial charge in [0.05, 0.1) is 18.4 Å². The first-order chi connectivity index (χ1) is 10.2. The Morgan fingerprint density at radius 1 is 1.33 bits per heavy atom. The summed E-state index contributed by atoms with van der Waals surface area (Å²) in [4.78, 5) is 6.74. The molecule has 0 atom stereocenters. The van der Waals surface area contributed by atoms with Crippen LogP contribution in [0.15, 0.2) is 24.4 Å². The van der Waals surface area contributed by atoms with Gasteiger partial charge in [0, 0.05) is 24.7 Å². The maximum Gasteiger partial charge on any atom is 0.145 e. The highest BCUT2D eigenvalue weighted by molar-refractivity contribution is 5.97. The number of methoxy groups -OCH3 is 1. The third kappa shape index (κ3) is 2.40. The molecule has 1 aromatic carbocycles. The lowest BCUT2D eigenvalue weighted by atomic mass is 9.97. The predicted molar refractivity (Wildman–Crippen MR) is 83.6 cm³/mol. The molecule has 4 nitrogen and oxygen atoms in total. The van der Waals surface area contributed by atoms with Crippen LogP contribution in [0.1, 0.15) is 25.3 Å². The van der Waals surface area contributed by atoms with Crippen molar-refractivity contribution < 1.29 is 4.74 Å². The molecule has 1 aliphatic heterocycles. The molecule has 0 spiro atoms. The molecular weight excluding hydrogens is 262 g/mol. The molecule has 0 saturated carbocycles. The van der Waals surface area contributed by atoms with Crippen LogP contribution < -0.4 is 9.64 Å². The Kier molecular flexibility index (Phi) is 3.66. The molecule has 3 rings (SSSR count). The maximum absolute atomic E-state index is 9.44. The number of nitrogens with zero attached hydrogens (tertiary/aromatic N) is 3. The van der Waals surface area contributed by atoms with Crippen LogP contribution in [0.2, 0.25) is 0 Å². The number of benzene rings is 1. The van der Waals surface area contributed by atoms with E-state index in [0.29, 0.717) is 5.56 Å². The number of rotatable bonds is 2. The van der Waals surface area contributed by atoms with Gasteiger partial charge in [0.25, 0.3) is 0 Å². The molecule has 1 aromatic heterocycles. The smallest absolute Gasteiger partial charge is 0.145 e. The first kappa shape index (κ1) is 13.7. The van der Waals surface area contributed by atoms with E-state index in [2.05, 4.69) is 22.9 Å². The van der Waals surface area contributed by atoms with E-state index >= 15 is 0 Å². The molecule has 0 aliphatic carbocycles. The highest BCUT2D eigenvalue weighted by atomic mass is 16.5. The van der Waals surface area contributed by atoms with Crippen molar-refractivity contribution in [3.8, 4) is 11.8 Å². The van der Waals surface area contributed by atoms with E-state index < -0.39 is 0 Å². The van der Waals surface area contributed by atoms with E-state index in [1.807, 2.05) is 18.2 Å². The van der Waals surface area contributed by atoms with E-state index in [9.17, 15) is 5.26 Å². The zero-order valence-electron chi connectivity index (χ0n) is 12.5. The van der Waals surface area contributed by atoms with E-state index in [1.54, 1.807) is 13.3 Å². The molecule has 0 N–H and O–H groups in total. The monoisotopic (exact) mass is 281 g/mol. The standard InChI is InChI=1S/C17H19N3O/c1-12-6-8-20(9-7-12)17-13(10-18)11-19-16-14(17)4-3-5-15(16)21-2/h3-5,11-12H,6-9H2,1-2H3. The minimum absolute atomic E-state index is 0.644. The van der Waals surface area contributed by atoms with Crippen molar-refractivity contribution in [2.45, 2.75) is 19.8 Å². The molecule has 21 heavy (non-hydrogen) atoms. The van der Waals surface area contributed by atoms with Gasteiger partial charge in [-0.15, -0.1) is 0 Å². The molecule has 1 saturated heterocycles. The van der Waals surface area contributed by atoms with Crippen molar-refractivity contribution in [3.05, 3.63) is 30.0 Å². The molecule has 4 heteroatoms. The summed E-state index contributed by atoms with van der Waals surface area (Å²) in [6.45, 7) is 4.27. The molecule has 1 aliphatic rings. The lowest BCUT2D eigenvalue weighted by Gasteiger charge is -2.33. The van der Waals surface area contributed by atoms with Crippen molar-refractivity contribution >= 4 is 16.6 Å². The fourth-order valence-corrected chi connectivity index (χ4v) is 3.00. The average Bonchev–Trinajstić information content (AvgIpc) is 2.54. The Morgan fingerprint density at radius 3 is 2.76 bits per heavy atom. The molecule has 0 radical (unpaired) electrons. The lowest BCUT2D eigenvalue weighted by molar-refractivity contribution is 0.419. The van der Waals surface area contributed by atoms with Crippen LogP contribution in [0.3, 0.4) is 0 Å². The Labute approximate surface area is 125 Å². The Bertz CT molecular complexity index is 697. The third-order valence-electron chi connectivity index (χ3n) is 4.27. The van der Waals surface area contributed by atoms with Crippen LogP contribution in [0.4, 0.5) is 5.69 Å². The van der Waals surface area contributed by atoms with Crippen LogP contribution in [-0.4, -0.2) is 25.2 Å². The largest absolute Gasteiger partial charge is 0.494 e. The van der Waals surface area contributed by atoms with Crippen LogP contribution in [0, 0.1) is 17.2 Å². The van der Waals surface area contributed by atoms with Gasteiger partial charge in [-0.05, 0) is 24.8 Å². The number of aromatic nitrogens is 1. The van der Waals surface area contributed by atoms with Gasteiger partial charge in [-0.3, -0.25) is 4.98 Å². The second-order valence-corrected chi connectivity index (χ2v) is 5.66. The van der Waals surface area contributed by atoms with E-state index in [4.69, 9.17) is 4.74 Å². The predicted octanol–water partition coefficient (Wildman–Crippen LogP) is 3.35. The summed E-state index contributed by atoms with van der Waals surface area (Å²) in [5.74, 6) is 1.51. The van der Waals surface area contributed by atoms with E-state index in [0.717, 1.165) is 41.3 Å². The normalized spacial score (nSPS) is 16.0. The summed E-state index contributed by atoms with van der Waals surface area (Å²) in [6, 6.07) is 8.18. The van der Waals surface area contributed by atoms with Crippen LogP contribution in [0.5, 0.6) is 5.75 Å². The third-order valence-corrected chi connectivity index (χ3v) is 4.27. The quantitative estimate of drug-likeness (QED) is 0.847. The Balaban J connectivity index is 2.17. The summed E-state index contributed by atoms with van der Waals surface area (Å²) in [5.41, 5.74) is 2.48. The summed E-state index contributed by atoms with van der Waals surface area (Å²) in [5, 5.41) is 10.4. The first-order valence-electron chi connectivity index (χ1n) is 7.35. The number of hydrogen-bond acceptors (Lipinski definition) is 4. The second kappa shape index (κ2) is 5.61. The van der Waals surface area contributed by atoms with Crippen molar-refractivity contribution in [1.29, 1.82) is 5.26 Å². The summed E-state index contributed by atoms with van der Waals surface area (Å²) in [7, 11) is 1.65. The minimum atomic E-state index is 0.644. The second-order valence-electron chi connectivity index (χ2n) is 5.66. The van der Waals surface area contributed by atoms with Gasteiger partial charge in [0.2, 0.25) is 0 Å². The zero-order chi connectivity index (χ0) is 14.8. The SMILES string of the molecule is COc1cccc2c(N3CCC(C)CC3)c(C#N)cnc12. The Hall–Kier alpha value is -2.28. The molecule has 108 valence electrons. The molecule has 2 aromatic rings. The van der Waals surface area contributed by atoms with Crippen LogP contribution >= 0.6 is 0 Å². The number of para-hydroxylation sites is 1. The summed E-state index contributed by atoms with van der Waals surface area (Å²) >= 11 is 0. The van der Waals surface area contributed by atoms with Crippen molar-refractivity contribution in [3.63, 3.8) is 0 Å². The summed E-state index contributed by atoms with van der Waals surface area (Å²) < 4.78 is 5.40. The summed E-state index contributed by atoms with van der Waals surface area (Å²) in [6.07, 6.45) is 4.00. The van der Waals surface area contributed by atoms with Gasteiger partial charge in [-0.2, -0.15) is 5.26 Å². The van der Waals surface area contributed by atoms with Crippen molar-refractivity contribution in [2.24, 2.45) is 5.92 Å². The fourth-order valence-electron chi connectivity index (χ4n) is 3.00. The number of hydrogen-bond donors (Lipinski definition) is 0. The zero-order valence-corrected chi connectivity index (χ0v) is 12.5. The van der Waals surface area contributed by atoms with Gasteiger partial charge in [-0.1, -0.05) is 19.1 Å². The molecule has 1 fully saturated rings. The maximum atomic E-state index is 9.44. The van der Waals surface area contributed by atoms with Gasteiger partial charge in [0.15, 0.2) is 0 Å². The number of ether oxygens (including phenoxy) is 1. The molecule has 2 heterocycles. The Morgan fingerprint density at radius 2 is 2.10 bits per heavy atom. The number of pyridine rings is 1. The molecule has 0 bridgehead atoms. The van der Waals surface area contributed by atoms with Gasteiger partial charge in [0.1, 0.15) is 17.3 Å². The number of nitriles is 1. The topological polar surface area (TPSA) is 49.1 Å². The van der Waals surface area contributed by atoms with Crippen molar-refractivity contribution in [2.75, 3.05) is 25.1 Å². The van der Waals surface area contributed by atoms with Crippen molar-refractivity contribution in [1.82, 2.24) is 4.98 Å². The first-order valence-corrected chi connectivity index (χ1v) is 7.35. The van der Waals surface area contributed by atoms with E-state index in [-0.39, 0.29) is 0 Å². The van der Waals surface area contributed by atoms with Gasteiger partial charge >= 0.3 is 0 Å². The number of fused-ring (bicyclic) bond motifs is 1. The fraction of sp³-hybridized carbons (Fsp3) is 0.412. The highest BCUT2D eigenvalue weighted by Gasteiger charge is 2.21. The lowest BCUT2D eigenvalue weighted by Crippen LogP contribution is -2.33. The molecule has 0 amide bonds. The number of piperidine rings is 1. The van der Waals surface area contributed by atoms with Crippen LogP contribution in [-0.2, 0) is 0 Å². The molecule has 0 unspecified atom stereocenters. The van der Waals surface area contributed by atoms with Crippen LogP contribution in [0.25, 0.3) is 10.9 Å². The van der Waals surface area contributed by atoms with Gasteiger partial charge < -0.3 is 9.64 Å².